The first kappa shape index (κ1) is 15.3. The number of amides is 1. The molecule has 1 aromatic rings. The Morgan fingerprint density at radius 1 is 1.33 bits per heavy atom. The first-order valence-corrected chi connectivity index (χ1v) is 7.01. The molecule has 1 fully saturated rings. The third-order valence-electron chi connectivity index (χ3n) is 3.49. The van der Waals surface area contributed by atoms with Gasteiger partial charge in [0.05, 0.1) is 18.8 Å². The van der Waals surface area contributed by atoms with Gasteiger partial charge in [-0.25, -0.2) is 4.79 Å². The van der Waals surface area contributed by atoms with E-state index >= 15 is 0 Å². The lowest BCUT2D eigenvalue weighted by Crippen LogP contribution is -2.41. The summed E-state index contributed by atoms with van der Waals surface area (Å²) in [5.41, 5.74) is 1.82. The van der Waals surface area contributed by atoms with E-state index < -0.39 is 5.97 Å². The number of rotatable bonds is 5. The van der Waals surface area contributed by atoms with E-state index in [1.165, 1.54) is 0 Å². The van der Waals surface area contributed by atoms with Crippen molar-refractivity contribution >= 4 is 17.6 Å². The van der Waals surface area contributed by atoms with Crippen LogP contribution in [0.4, 0.5) is 5.69 Å². The molecule has 0 aromatic heterocycles. The summed E-state index contributed by atoms with van der Waals surface area (Å²) in [6.07, 6.45) is 0.416. The van der Waals surface area contributed by atoms with Crippen LogP contribution in [0.2, 0.25) is 0 Å². The standard InChI is InChI=1S/C15H20N2O4/c1-11-10-12(2-3-13(11)15(19)20)16-5-4-14(18)17-6-8-21-9-7-17/h2-3,10,16H,4-9H2,1H3,(H,19,20). The number of benzene rings is 1. The number of aryl methyl sites for hydroxylation is 1. The molecule has 0 bridgehead atoms. The van der Waals surface area contributed by atoms with Crippen molar-refractivity contribution in [3.8, 4) is 0 Å². The summed E-state index contributed by atoms with van der Waals surface area (Å²) in [6, 6.07) is 5.07. The topological polar surface area (TPSA) is 78.9 Å². The highest BCUT2D eigenvalue weighted by Gasteiger charge is 2.16. The molecule has 1 amide bonds. The largest absolute Gasteiger partial charge is 0.478 e. The summed E-state index contributed by atoms with van der Waals surface area (Å²) in [5.74, 6) is -0.814. The van der Waals surface area contributed by atoms with Gasteiger partial charge in [0.15, 0.2) is 0 Å². The molecular weight excluding hydrogens is 272 g/mol. The van der Waals surface area contributed by atoms with Gasteiger partial charge in [0, 0.05) is 31.7 Å². The number of carboxylic acids is 1. The van der Waals surface area contributed by atoms with Crippen molar-refractivity contribution in [3.63, 3.8) is 0 Å². The van der Waals surface area contributed by atoms with E-state index in [-0.39, 0.29) is 5.91 Å². The smallest absolute Gasteiger partial charge is 0.335 e. The molecule has 1 aliphatic rings. The Bertz CT molecular complexity index is 524. The molecule has 21 heavy (non-hydrogen) atoms. The van der Waals surface area contributed by atoms with Gasteiger partial charge in [0.1, 0.15) is 0 Å². The lowest BCUT2D eigenvalue weighted by Gasteiger charge is -2.26. The number of hydrogen-bond donors (Lipinski definition) is 2. The molecule has 6 heteroatoms. The van der Waals surface area contributed by atoms with Crippen LogP contribution in [0.15, 0.2) is 18.2 Å². The van der Waals surface area contributed by atoms with Crippen LogP contribution in [-0.2, 0) is 9.53 Å². The van der Waals surface area contributed by atoms with Gasteiger partial charge in [-0.3, -0.25) is 4.79 Å². The van der Waals surface area contributed by atoms with Crippen molar-refractivity contribution in [2.75, 3.05) is 38.2 Å². The maximum absolute atomic E-state index is 12.0. The molecule has 1 aromatic carbocycles. The average Bonchev–Trinajstić information content (AvgIpc) is 2.47. The number of carbonyl (C=O) groups excluding carboxylic acids is 1. The maximum atomic E-state index is 12.0. The van der Waals surface area contributed by atoms with Crippen LogP contribution < -0.4 is 5.32 Å². The molecule has 1 aliphatic heterocycles. The number of ether oxygens (including phenoxy) is 1. The van der Waals surface area contributed by atoms with E-state index in [0.29, 0.717) is 50.4 Å². The minimum Gasteiger partial charge on any atom is -0.478 e. The summed E-state index contributed by atoms with van der Waals surface area (Å²) >= 11 is 0. The highest BCUT2D eigenvalue weighted by atomic mass is 16.5. The highest BCUT2D eigenvalue weighted by Crippen LogP contribution is 2.15. The molecule has 0 aliphatic carbocycles. The Morgan fingerprint density at radius 3 is 2.67 bits per heavy atom. The summed E-state index contributed by atoms with van der Waals surface area (Å²) in [7, 11) is 0. The summed E-state index contributed by atoms with van der Waals surface area (Å²) in [6.45, 7) is 4.82. The number of morpholine rings is 1. The highest BCUT2D eigenvalue weighted by molar-refractivity contribution is 5.89. The van der Waals surface area contributed by atoms with Gasteiger partial charge in [0.25, 0.3) is 0 Å². The number of aromatic carboxylic acids is 1. The van der Waals surface area contributed by atoms with Crippen LogP contribution in [0.25, 0.3) is 0 Å². The fourth-order valence-corrected chi connectivity index (χ4v) is 2.30. The molecule has 2 rings (SSSR count). The third-order valence-corrected chi connectivity index (χ3v) is 3.49. The molecule has 0 saturated carbocycles. The van der Waals surface area contributed by atoms with E-state index in [1.54, 1.807) is 25.1 Å². The first-order chi connectivity index (χ1) is 10.1. The van der Waals surface area contributed by atoms with Crippen molar-refractivity contribution in [1.29, 1.82) is 0 Å². The fourth-order valence-electron chi connectivity index (χ4n) is 2.30. The van der Waals surface area contributed by atoms with Gasteiger partial charge in [-0.15, -0.1) is 0 Å². The van der Waals surface area contributed by atoms with Gasteiger partial charge < -0.3 is 20.1 Å². The minimum atomic E-state index is -0.929. The Labute approximate surface area is 123 Å². The van der Waals surface area contributed by atoms with Crippen LogP contribution in [0, 0.1) is 6.92 Å². The van der Waals surface area contributed by atoms with Crippen LogP contribution in [0.3, 0.4) is 0 Å². The predicted molar refractivity (Wildman–Crippen MR) is 78.6 cm³/mol. The molecule has 0 unspecified atom stereocenters. The summed E-state index contributed by atoms with van der Waals surface area (Å²) in [4.78, 5) is 24.7. The molecule has 0 atom stereocenters. The van der Waals surface area contributed by atoms with E-state index in [2.05, 4.69) is 5.32 Å². The van der Waals surface area contributed by atoms with Crippen LogP contribution >= 0.6 is 0 Å². The zero-order chi connectivity index (χ0) is 15.2. The minimum absolute atomic E-state index is 0.115. The molecule has 6 nitrogen and oxygen atoms in total. The summed E-state index contributed by atoms with van der Waals surface area (Å²) in [5, 5.41) is 12.1. The normalized spacial score (nSPS) is 14.8. The number of nitrogens with one attached hydrogen (secondary N) is 1. The fraction of sp³-hybridized carbons (Fsp3) is 0.467. The Hall–Kier alpha value is -2.08. The van der Waals surface area contributed by atoms with Crippen LogP contribution in [0.5, 0.6) is 0 Å². The lowest BCUT2D eigenvalue weighted by atomic mass is 10.1. The second-order valence-electron chi connectivity index (χ2n) is 5.00. The number of carboxylic acid groups (broad SMARTS) is 1. The Balaban J connectivity index is 1.81. The molecule has 0 spiro atoms. The molecular formula is C15H20N2O4. The van der Waals surface area contributed by atoms with Crippen LogP contribution in [0.1, 0.15) is 22.3 Å². The monoisotopic (exact) mass is 292 g/mol. The van der Waals surface area contributed by atoms with Gasteiger partial charge in [-0.2, -0.15) is 0 Å². The maximum Gasteiger partial charge on any atom is 0.335 e. The zero-order valence-corrected chi connectivity index (χ0v) is 12.1. The van der Waals surface area contributed by atoms with E-state index in [4.69, 9.17) is 9.84 Å². The van der Waals surface area contributed by atoms with Gasteiger partial charge in [0.2, 0.25) is 5.91 Å². The number of hydrogen-bond acceptors (Lipinski definition) is 4. The molecule has 1 heterocycles. The van der Waals surface area contributed by atoms with Crippen molar-refractivity contribution in [3.05, 3.63) is 29.3 Å². The second-order valence-corrected chi connectivity index (χ2v) is 5.00. The van der Waals surface area contributed by atoms with Gasteiger partial charge in [-0.1, -0.05) is 0 Å². The quantitative estimate of drug-likeness (QED) is 0.856. The Kier molecular flexibility index (Phi) is 5.16. The SMILES string of the molecule is Cc1cc(NCCC(=O)N2CCOCC2)ccc1C(=O)O. The van der Waals surface area contributed by atoms with E-state index in [9.17, 15) is 9.59 Å². The number of nitrogens with zero attached hydrogens (tertiary/aromatic N) is 1. The number of carbonyl (C=O) groups is 2. The first-order valence-electron chi connectivity index (χ1n) is 7.01. The number of anilines is 1. The Morgan fingerprint density at radius 2 is 2.05 bits per heavy atom. The second kappa shape index (κ2) is 7.08. The van der Waals surface area contributed by atoms with Crippen molar-refractivity contribution < 1.29 is 19.4 Å². The van der Waals surface area contributed by atoms with Gasteiger partial charge >= 0.3 is 5.97 Å². The van der Waals surface area contributed by atoms with Crippen molar-refractivity contribution in [1.82, 2.24) is 4.90 Å². The molecule has 2 N–H and O–H groups in total. The summed E-state index contributed by atoms with van der Waals surface area (Å²) < 4.78 is 5.21. The van der Waals surface area contributed by atoms with Crippen molar-refractivity contribution in [2.24, 2.45) is 0 Å². The molecule has 114 valence electrons. The predicted octanol–water partition coefficient (Wildman–Crippen LogP) is 1.35. The third kappa shape index (κ3) is 4.19. The van der Waals surface area contributed by atoms with E-state index in [0.717, 1.165) is 5.69 Å². The zero-order valence-electron chi connectivity index (χ0n) is 12.1. The molecule has 1 saturated heterocycles. The molecule has 0 radical (unpaired) electrons. The average molecular weight is 292 g/mol. The lowest BCUT2D eigenvalue weighted by molar-refractivity contribution is -0.134. The van der Waals surface area contributed by atoms with Crippen molar-refractivity contribution in [2.45, 2.75) is 13.3 Å². The van der Waals surface area contributed by atoms with E-state index in [1.807, 2.05) is 4.90 Å². The van der Waals surface area contributed by atoms with Crippen LogP contribution in [-0.4, -0.2) is 54.7 Å². The van der Waals surface area contributed by atoms with Gasteiger partial charge in [-0.05, 0) is 30.7 Å².